The lowest BCUT2D eigenvalue weighted by atomic mass is 10.1. The molecule has 0 aliphatic heterocycles. The van der Waals surface area contributed by atoms with Gasteiger partial charge in [0.1, 0.15) is 5.82 Å². The number of rotatable bonds is 4. The number of aryl methyl sites for hydroxylation is 1. The maximum atomic E-state index is 11.7. The van der Waals surface area contributed by atoms with Crippen molar-refractivity contribution in [2.45, 2.75) is 13.3 Å². The highest BCUT2D eigenvalue weighted by Gasteiger charge is 2.02. The molecule has 1 aromatic heterocycles. The Bertz CT molecular complexity index is 601. The number of benzene rings is 1. The molecule has 1 aromatic carbocycles. The van der Waals surface area contributed by atoms with Crippen LogP contribution in [0.1, 0.15) is 11.3 Å². The number of hydrogen-bond donors (Lipinski definition) is 2. The number of urea groups is 1. The molecule has 2 aromatic rings. The largest absolute Gasteiger partial charge is 0.337 e. The van der Waals surface area contributed by atoms with E-state index in [9.17, 15) is 4.79 Å². The molecule has 0 unspecified atom stereocenters. The standard InChI is InChI=1S/C15H16BrN3O/c1-11-4-2-7-14(18-11)19-15(20)17-9-8-12-5-3-6-13(16)10-12/h2-7,10H,8-9H2,1H3,(H2,17,18,19,20). The van der Waals surface area contributed by atoms with Crippen LogP contribution >= 0.6 is 15.9 Å². The Labute approximate surface area is 126 Å². The summed E-state index contributed by atoms with van der Waals surface area (Å²) in [5, 5.41) is 5.52. The lowest BCUT2D eigenvalue weighted by Crippen LogP contribution is -2.30. The fourth-order valence-electron chi connectivity index (χ4n) is 1.79. The highest BCUT2D eigenvalue weighted by Crippen LogP contribution is 2.11. The maximum Gasteiger partial charge on any atom is 0.320 e. The number of halogens is 1. The van der Waals surface area contributed by atoms with Crippen LogP contribution in [-0.2, 0) is 6.42 Å². The molecule has 20 heavy (non-hydrogen) atoms. The van der Waals surface area contributed by atoms with Crippen molar-refractivity contribution in [1.29, 1.82) is 0 Å². The molecule has 0 saturated carbocycles. The van der Waals surface area contributed by atoms with Gasteiger partial charge in [0.2, 0.25) is 0 Å². The van der Waals surface area contributed by atoms with Crippen LogP contribution in [0.25, 0.3) is 0 Å². The zero-order valence-electron chi connectivity index (χ0n) is 11.2. The summed E-state index contributed by atoms with van der Waals surface area (Å²) < 4.78 is 1.04. The van der Waals surface area contributed by atoms with Crippen molar-refractivity contribution in [3.05, 3.63) is 58.2 Å². The van der Waals surface area contributed by atoms with E-state index >= 15 is 0 Å². The topological polar surface area (TPSA) is 54.0 Å². The maximum absolute atomic E-state index is 11.7. The summed E-state index contributed by atoms with van der Waals surface area (Å²) in [5.74, 6) is 0.560. The first-order valence-electron chi connectivity index (χ1n) is 6.36. The van der Waals surface area contributed by atoms with E-state index in [4.69, 9.17) is 0 Å². The second kappa shape index (κ2) is 7.05. The fourth-order valence-corrected chi connectivity index (χ4v) is 2.23. The first-order chi connectivity index (χ1) is 9.63. The van der Waals surface area contributed by atoms with E-state index in [2.05, 4.69) is 31.5 Å². The summed E-state index contributed by atoms with van der Waals surface area (Å²) in [7, 11) is 0. The molecule has 0 radical (unpaired) electrons. The van der Waals surface area contributed by atoms with Crippen LogP contribution < -0.4 is 10.6 Å². The van der Waals surface area contributed by atoms with Gasteiger partial charge in [-0.25, -0.2) is 9.78 Å². The molecule has 0 aliphatic carbocycles. The zero-order valence-corrected chi connectivity index (χ0v) is 12.8. The van der Waals surface area contributed by atoms with E-state index in [-0.39, 0.29) is 6.03 Å². The molecule has 0 aliphatic rings. The molecule has 104 valence electrons. The van der Waals surface area contributed by atoms with Crippen molar-refractivity contribution in [1.82, 2.24) is 10.3 Å². The Hall–Kier alpha value is -1.88. The number of carbonyl (C=O) groups is 1. The molecule has 0 atom stereocenters. The summed E-state index contributed by atoms with van der Waals surface area (Å²) in [6.45, 7) is 2.46. The second-order valence-electron chi connectivity index (χ2n) is 4.43. The quantitative estimate of drug-likeness (QED) is 0.899. The van der Waals surface area contributed by atoms with Gasteiger partial charge in [-0.2, -0.15) is 0 Å². The van der Waals surface area contributed by atoms with E-state index in [1.165, 1.54) is 5.56 Å². The van der Waals surface area contributed by atoms with Gasteiger partial charge in [-0.15, -0.1) is 0 Å². The molecule has 0 fully saturated rings. The molecule has 2 rings (SSSR count). The number of anilines is 1. The Balaban J connectivity index is 1.78. The smallest absolute Gasteiger partial charge is 0.320 e. The first-order valence-corrected chi connectivity index (χ1v) is 7.16. The third-order valence-corrected chi connectivity index (χ3v) is 3.21. The Morgan fingerprint density at radius 2 is 2.05 bits per heavy atom. The Morgan fingerprint density at radius 1 is 1.25 bits per heavy atom. The monoisotopic (exact) mass is 333 g/mol. The lowest BCUT2D eigenvalue weighted by molar-refractivity contribution is 0.252. The highest BCUT2D eigenvalue weighted by atomic mass is 79.9. The summed E-state index contributed by atoms with van der Waals surface area (Å²) in [6, 6.07) is 13.3. The minimum absolute atomic E-state index is 0.238. The van der Waals surface area contributed by atoms with E-state index in [1.807, 2.05) is 43.3 Å². The first kappa shape index (κ1) is 14.5. The van der Waals surface area contributed by atoms with Crippen LogP contribution in [-0.4, -0.2) is 17.6 Å². The van der Waals surface area contributed by atoms with Crippen LogP contribution in [0, 0.1) is 6.92 Å². The molecule has 1 heterocycles. The number of nitrogens with zero attached hydrogens (tertiary/aromatic N) is 1. The molecule has 0 spiro atoms. The van der Waals surface area contributed by atoms with Crippen molar-refractivity contribution < 1.29 is 4.79 Å². The summed E-state index contributed by atoms with van der Waals surface area (Å²) >= 11 is 3.43. The third kappa shape index (κ3) is 4.66. The number of pyridine rings is 1. The Morgan fingerprint density at radius 3 is 2.80 bits per heavy atom. The van der Waals surface area contributed by atoms with Crippen molar-refractivity contribution in [3.8, 4) is 0 Å². The van der Waals surface area contributed by atoms with Gasteiger partial charge in [0, 0.05) is 16.7 Å². The van der Waals surface area contributed by atoms with Gasteiger partial charge in [0.05, 0.1) is 0 Å². The van der Waals surface area contributed by atoms with Crippen LogP contribution in [0.15, 0.2) is 46.9 Å². The third-order valence-electron chi connectivity index (χ3n) is 2.72. The number of amides is 2. The average Bonchev–Trinajstić information content (AvgIpc) is 2.38. The zero-order chi connectivity index (χ0) is 14.4. The lowest BCUT2D eigenvalue weighted by Gasteiger charge is -2.07. The predicted octanol–water partition coefficient (Wildman–Crippen LogP) is 3.52. The minimum Gasteiger partial charge on any atom is -0.337 e. The minimum atomic E-state index is -0.238. The van der Waals surface area contributed by atoms with E-state index < -0.39 is 0 Å². The van der Waals surface area contributed by atoms with Crippen molar-refractivity contribution in [2.75, 3.05) is 11.9 Å². The van der Waals surface area contributed by atoms with Crippen LogP contribution in [0.3, 0.4) is 0 Å². The van der Waals surface area contributed by atoms with Crippen molar-refractivity contribution in [3.63, 3.8) is 0 Å². The van der Waals surface area contributed by atoms with Gasteiger partial charge in [-0.05, 0) is 43.2 Å². The summed E-state index contributed by atoms with van der Waals surface area (Å²) in [4.78, 5) is 15.9. The van der Waals surface area contributed by atoms with Crippen molar-refractivity contribution in [2.24, 2.45) is 0 Å². The number of nitrogens with one attached hydrogen (secondary N) is 2. The summed E-state index contributed by atoms with van der Waals surface area (Å²) in [5.41, 5.74) is 2.05. The molecule has 5 heteroatoms. The van der Waals surface area contributed by atoms with E-state index in [0.29, 0.717) is 12.4 Å². The Kier molecular flexibility index (Phi) is 5.12. The molecule has 2 amide bonds. The molecule has 0 bridgehead atoms. The number of hydrogen-bond acceptors (Lipinski definition) is 2. The fraction of sp³-hybridized carbons (Fsp3) is 0.200. The highest BCUT2D eigenvalue weighted by molar-refractivity contribution is 9.10. The average molecular weight is 334 g/mol. The van der Waals surface area contributed by atoms with Gasteiger partial charge in [0.25, 0.3) is 0 Å². The van der Waals surface area contributed by atoms with Crippen LogP contribution in [0.4, 0.5) is 10.6 Å². The molecule has 0 saturated heterocycles. The van der Waals surface area contributed by atoms with Gasteiger partial charge >= 0.3 is 6.03 Å². The van der Waals surface area contributed by atoms with Gasteiger partial charge in [-0.3, -0.25) is 5.32 Å². The van der Waals surface area contributed by atoms with Gasteiger partial charge in [-0.1, -0.05) is 34.1 Å². The second-order valence-corrected chi connectivity index (χ2v) is 5.34. The molecular formula is C15H16BrN3O. The van der Waals surface area contributed by atoms with E-state index in [1.54, 1.807) is 6.07 Å². The summed E-state index contributed by atoms with van der Waals surface area (Å²) in [6.07, 6.45) is 0.786. The number of carbonyl (C=O) groups excluding carboxylic acids is 1. The SMILES string of the molecule is Cc1cccc(NC(=O)NCCc2cccc(Br)c2)n1. The molecule has 4 nitrogen and oxygen atoms in total. The predicted molar refractivity (Wildman–Crippen MR) is 83.8 cm³/mol. The molecular weight excluding hydrogens is 318 g/mol. The van der Waals surface area contributed by atoms with E-state index in [0.717, 1.165) is 16.6 Å². The van der Waals surface area contributed by atoms with Crippen LogP contribution in [0.2, 0.25) is 0 Å². The number of aromatic nitrogens is 1. The normalized spacial score (nSPS) is 10.1. The van der Waals surface area contributed by atoms with Crippen molar-refractivity contribution >= 4 is 27.8 Å². The van der Waals surface area contributed by atoms with Gasteiger partial charge < -0.3 is 5.32 Å². The molecule has 2 N–H and O–H groups in total. The van der Waals surface area contributed by atoms with Crippen LogP contribution in [0.5, 0.6) is 0 Å². The van der Waals surface area contributed by atoms with Gasteiger partial charge in [0.15, 0.2) is 0 Å².